The molecule has 0 fully saturated rings. The van der Waals surface area contributed by atoms with Gasteiger partial charge >= 0.3 is 0 Å². The first-order valence-corrected chi connectivity index (χ1v) is 5.24. The second-order valence-electron chi connectivity index (χ2n) is 2.12. The molecule has 0 amide bonds. The summed E-state index contributed by atoms with van der Waals surface area (Å²) < 4.78 is 0. The van der Waals surface area contributed by atoms with Crippen LogP contribution in [0.2, 0.25) is 0 Å². The fourth-order valence-electron chi connectivity index (χ4n) is 0. The Bertz CT molecular complexity index is 4.75. The highest BCUT2D eigenvalue weighted by molar-refractivity contribution is 3.92. The third kappa shape index (κ3) is 0. The molecular weight excluding hydrogens is 144 g/mol. The Morgan fingerprint density at radius 1 is 0.500 bits per heavy atom. The summed E-state index contributed by atoms with van der Waals surface area (Å²) in [5, 5.41) is 0. The number of rotatable bonds is 0. The molecule has 82 valence electrons. The highest BCUT2D eigenvalue weighted by atomic mass is 13.4. The van der Waals surface area contributed by atoms with Gasteiger partial charge in [0.2, 0.25) is 0 Å². The van der Waals surface area contributed by atoms with E-state index in [9.17, 15) is 0 Å². The van der Waals surface area contributed by atoms with Gasteiger partial charge in [-0.2, -0.15) is 0 Å². The Hall–Kier alpha value is 0. The van der Waals surface area contributed by atoms with Crippen molar-refractivity contribution in [3.63, 3.8) is 0 Å². The molecule has 12 heavy (non-hydrogen) atoms. The Labute approximate surface area is 82.8 Å². The Morgan fingerprint density at radius 3 is 0.500 bits per heavy atom. The van der Waals surface area contributed by atoms with Gasteiger partial charge in [-0.1, -0.05) is 82.1 Å². The van der Waals surface area contributed by atoms with E-state index < -0.39 is 0 Å². The standard InChI is InChI=1S/3C3H8.C2H6.CH4/c3*1-3-2;1-2;/h3*3H2,1-2H3;1-2H3;1H4. The average molecular weight is 178 g/mol. The molecule has 0 aromatic carbocycles. The van der Waals surface area contributed by atoms with Crippen molar-refractivity contribution in [2.24, 2.45) is 0 Å². The fourth-order valence-corrected chi connectivity index (χ4v) is 0. The van der Waals surface area contributed by atoms with Crippen LogP contribution in [0.1, 0.15) is 82.1 Å². The molecular formula is C12H34. The van der Waals surface area contributed by atoms with Gasteiger partial charge in [0.15, 0.2) is 0 Å². The first kappa shape index (κ1) is 29.6. The monoisotopic (exact) mass is 178 g/mol. The molecule has 0 heteroatoms. The van der Waals surface area contributed by atoms with E-state index in [1.54, 1.807) is 0 Å². The van der Waals surface area contributed by atoms with Crippen molar-refractivity contribution in [2.75, 3.05) is 0 Å². The molecule has 0 aliphatic rings. The SMILES string of the molecule is C.CC.CCC.CCC.CCC. The quantitative estimate of drug-likeness (QED) is 0.432. The molecule has 0 saturated carbocycles. The smallest absolute Gasteiger partial charge is 0.0590 e. The van der Waals surface area contributed by atoms with Crippen molar-refractivity contribution in [3.05, 3.63) is 0 Å². The van der Waals surface area contributed by atoms with Crippen molar-refractivity contribution in [1.82, 2.24) is 0 Å². The minimum absolute atomic E-state index is 0. The van der Waals surface area contributed by atoms with Gasteiger partial charge in [0.05, 0.1) is 0 Å². The van der Waals surface area contributed by atoms with Crippen molar-refractivity contribution in [2.45, 2.75) is 82.1 Å². The maximum Gasteiger partial charge on any atom is -0.0590 e. The van der Waals surface area contributed by atoms with E-state index in [0.29, 0.717) is 0 Å². The molecule has 0 aromatic rings. The van der Waals surface area contributed by atoms with Gasteiger partial charge in [-0.3, -0.25) is 0 Å². The van der Waals surface area contributed by atoms with Gasteiger partial charge in [0.1, 0.15) is 0 Å². The van der Waals surface area contributed by atoms with E-state index in [2.05, 4.69) is 41.5 Å². The molecule has 0 bridgehead atoms. The van der Waals surface area contributed by atoms with Crippen LogP contribution >= 0.6 is 0 Å². The maximum absolute atomic E-state index is 2.12. The van der Waals surface area contributed by atoms with E-state index in [0.717, 1.165) is 0 Å². The molecule has 0 spiro atoms. The van der Waals surface area contributed by atoms with Crippen LogP contribution in [0.4, 0.5) is 0 Å². The van der Waals surface area contributed by atoms with E-state index in [-0.39, 0.29) is 7.43 Å². The topological polar surface area (TPSA) is 0 Å². The lowest BCUT2D eigenvalue weighted by molar-refractivity contribution is 1.09. The van der Waals surface area contributed by atoms with Crippen LogP contribution < -0.4 is 0 Å². The lowest BCUT2D eigenvalue weighted by atomic mass is 10.6. The van der Waals surface area contributed by atoms with Crippen LogP contribution in [-0.4, -0.2) is 0 Å². The van der Waals surface area contributed by atoms with E-state index in [1.165, 1.54) is 19.3 Å². The van der Waals surface area contributed by atoms with Crippen molar-refractivity contribution < 1.29 is 0 Å². The summed E-state index contributed by atoms with van der Waals surface area (Å²) >= 11 is 0. The summed E-state index contributed by atoms with van der Waals surface area (Å²) in [4.78, 5) is 0. The Kier molecular flexibility index (Phi) is 302. The first-order chi connectivity index (χ1) is 5.24. The summed E-state index contributed by atoms with van der Waals surface area (Å²) in [5.41, 5.74) is 0. The lowest BCUT2D eigenvalue weighted by Crippen LogP contribution is -1.27. The molecule has 0 nitrogen and oxygen atoms in total. The average Bonchev–Trinajstić information content (AvgIpc) is 1.96. The van der Waals surface area contributed by atoms with Crippen molar-refractivity contribution >= 4 is 0 Å². The zero-order valence-corrected chi connectivity index (χ0v) is 10.1. The van der Waals surface area contributed by atoms with E-state index >= 15 is 0 Å². The summed E-state index contributed by atoms with van der Waals surface area (Å²) in [6, 6.07) is 0. The molecule has 0 radical (unpaired) electrons. The van der Waals surface area contributed by atoms with Gasteiger partial charge < -0.3 is 0 Å². The van der Waals surface area contributed by atoms with Gasteiger partial charge in [-0.25, -0.2) is 0 Å². The zero-order valence-electron chi connectivity index (χ0n) is 10.1. The minimum atomic E-state index is 0. The third-order valence-corrected chi connectivity index (χ3v) is 0. The van der Waals surface area contributed by atoms with Crippen LogP contribution in [0.5, 0.6) is 0 Å². The van der Waals surface area contributed by atoms with Gasteiger partial charge in [0.25, 0.3) is 0 Å². The molecule has 0 aromatic heterocycles. The minimum Gasteiger partial charge on any atom is -0.0776 e. The predicted molar refractivity (Wildman–Crippen MR) is 66.0 cm³/mol. The molecule has 0 aliphatic carbocycles. The molecule has 0 aliphatic heterocycles. The van der Waals surface area contributed by atoms with Crippen molar-refractivity contribution in [1.29, 1.82) is 0 Å². The Morgan fingerprint density at radius 2 is 0.500 bits per heavy atom. The van der Waals surface area contributed by atoms with Gasteiger partial charge in [-0.05, 0) is 0 Å². The second kappa shape index (κ2) is 122. The van der Waals surface area contributed by atoms with Crippen LogP contribution in [0, 0.1) is 0 Å². The summed E-state index contributed by atoms with van der Waals surface area (Å²) in [5.74, 6) is 0. The number of hydrogen-bond donors (Lipinski definition) is 0. The fraction of sp³-hybridized carbons (Fsp3) is 1.00. The van der Waals surface area contributed by atoms with Crippen LogP contribution in [0.3, 0.4) is 0 Å². The molecule has 0 unspecified atom stereocenters. The zero-order chi connectivity index (χ0) is 10.1. The summed E-state index contributed by atoms with van der Waals surface area (Å²) in [7, 11) is 0. The van der Waals surface area contributed by atoms with Crippen LogP contribution in [0.25, 0.3) is 0 Å². The first-order valence-electron chi connectivity index (χ1n) is 5.24. The molecule has 0 saturated heterocycles. The van der Waals surface area contributed by atoms with Crippen molar-refractivity contribution in [3.8, 4) is 0 Å². The van der Waals surface area contributed by atoms with E-state index in [1.807, 2.05) is 13.8 Å². The van der Waals surface area contributed by atoms with E-state index in [4.69, 9.17) is 0 Å². The maximum atomic E-state index is 2.12. The third-order valence-electron chi connectivity index (χ3n) is 0. The summed E-state index contributed by atoms with van der Waals surface area (Å²) in [6.07, 6.45) is 3.75. The molecule has 0 rings (SSSR count). The molecule has 0 N–H and O–H groups in total. The second-order valence-corrected chi connectivity index (χ2v) is 2.12. The van der Waals surface area contributed by atoms with Gasteiger partial charge in [-0.15, -0.1) is 0 Å². The van der Waals surface area contributed by atoms with Crippen LogP contribution in [0.15, 0.2) is 0 Å². The highest BCUT2D eigenvalue weighted by Gasteiger charge is 1.36. The largest absolute Gasteiger partial charge is 0.0776 e. The normalized spacial score (nSPS) is 5.00. The highest BCUT2D eigenvalue weighted by Crippen LogP contribution is 1.56. The summed E-state index contributed by atoms with van der Waals surface area (Å²) in [6.45, 7) is 16.8. The predicted octanol–water partition coefficient (Wildman–Crippen LogP) is 5.91. The van der Waals surface area contributed by atoms with Crippen LogP contribution in [-0.2, 0) is 0 Å². The number of hydrogen-bond acceptors (Lipinski definition) is 0. The molecule has 0 heterocycles. The Balaban J connectivity index is -0.0000000179. The van der Waals surface area contributed by atoms with Gasteiger partial charge in [0, 0.05) is 0 Å². The lowest BCUT2D eigenvalue weighted by Gasteiger charge is -1.48. The molecule has 0 atom stereocenters.